The number of amides is 1. The van der Waals surface area contributed by atoms with Crippen LogP contribution in [0.4, 0.5) is 5.69 Å². The third kappa shape index (κ3) is 5.74. The third-order valence-electron chi connectivity index (χ3n) is 4.28. The minimum Gasteiger partial charge on any atom is -0.497 e. The second-order valence-corrected chi connectivity index (χ2v) is 6.03. The fraction of sp³-hybridized carbons (Fsp3) is 0.333. The van der Waals surface area contributed by atoms with Crippen molar-refractivity contribution in [2.75, 3.05) is 25.5 Å². The quantitative estimate of drug-likeness (QED) is 0.380. The lowest BCUT2D eigenvalue weighted by Crippen LogP contribution is -2.29. The van der Waals surface area contributed by atoms with Crippen molar-refractivity contribution >= 4 is 17.6 Å². The Hall–Kier alpha value is -3.02. The van der Waals surface area contributed by atoms with E-state index in [2.05, 4.69) is 47.7 Å². The van der Waals surface area contributed by atoms with Crippen molar-refractivity contribution < 1.29 is 9.53 Å². The van der Waals surface area contributed by atoms with Crippen LogP contribution in [0.15, 0.2) is 47.5 Å². The topological polar surface area (TPSA) is 88.7 Å². The van der Waals surface area contributed by atoms with Gasteiger partial charge in [0.05, 0.1) is 13.7 Å². The molecule has 0 aliphatic carbocycles. The van der Waals surface area contributed by atoms with Crippen LogP contribution in [-0.2, 0) is 12.8 Å². The molecule has 2 aromatic rings. The Morgan fingerprint density at radius 3 is 2.26 bits per heavy atom. The Morgan fingerprint density at radius 1 is 1.07 bits per heavy atom. The molecule has 2 aromatic carbocycles. The molecule has 0 saturated heterocycles. The second kappa shape index (κ2) is 10.2. The highest BCUT2D eigenvalue weighted by Crippen LogP contribution is 2.22. The average molecular weight is 368 g/mol. The Morgan fingerprint density at radius 2 is 1.70 bits per heavy atom. The molecule has 144 valence electrons. The van der Waals surface area contributed by atoms with E-state index in [1.54, 1.807) is 31.4 Å². The number of anilines is 1. The van der Waals surface area contributed by atoms with Crippen LogP contribution >= 0.6 is 0 Å². The standard InChI is InChI=1S/C21H28N4O2/c1-4-15-7-6-8-16(5-2)19(15)25-21(22)24-14-13-23-20(26)17-9-11-18(27-3)12-10-17/h6-12H,4-5,13-14H2,1-3H3,(H,23,26)(H3,22,24,25). The summed E-state index contributed by atoms with van der Waals surface area (Å²) in [7, 11) is 1.59. The average Bonchev–Trinajstić information content (AvgIpc) is 2.71. The summed E-state index contributed by atoms with van der Waals surface area (Å²) in [5.41, 5.74) is 10.1. The maximum Gasteiger partial charge on any atom is 0.251 e. The monoisotopic (exact) mass is 368 g/mol. The first-order valence-corrected chi connectivity index (χ1v) is 9.19. The molecule has 1 amide bonds. The number of carbonyl (C=O) groups is 1. The van der Waals surface area contributed by atoms with Gasteiger partial charge in [-0.1, -0.05) is 32.0 Å². The van der Waals surface area contributed by atoms with Crippen LogP contribution in [0.25, 0.3) is 0 Å². The summed E-state index contributed by atoms with van der Waals surface area (Å²) in [6.45, 7) is 5.03. The molecule has 6 heteroatoms. The van der Waals surface area contributed by atoms with Crippen LogP contribution in [-0.4, -0.2) is 32.1 Å². The van der Waals surface area contributed by atoms with Gasteiger partial charge in [0.2, 0.25) is 0 Å². The highest BCUT2D eigenvalue weighted by atomic mass is 16.5. The smallest absolute Gasteiger partial charge is 0.251 e. The molecule has 0 atom stereocenters. The van der Waals surface area contributed by atoms with Crippen LogP contribution in [0, 0.1) is 0 Å². The van der Waals surface area contributed by atoms with E-state index in [4.69, 9.17) is 10.5 Å². The van der Waals surface area contributed by atoms with Crippen molar-refractivity contribution in [3.05, 3.63) is 59.2 Å². The summed E-state index contributed by atoms with van der Waals surface area (Å²) >= 11 is 0. The number of nitrogens with zero attached hydrogens (tertiary/aromatic N) is 1. The van der Waals surface area contributed by atoms with Gasteiger partial charge in [-0.15, -0.1) is 0 Å². The molecule has 0 aromatic heterocycles. The first kappa shape index (κ1) is 20.3. The predicted octanol–water partition coefficient (Wildman–Crippen LogP) is 2.98. The molecular weight excluding hydrogens is 340 g/mol. The van der Waals surface area contributed by atoms with Gasteiger partial charge < -0.3 is 21.1 Å². The van der Waals surface area contributed by atoms with Gasteiger partial charge in [0.15, 0.2) is 5.96 Å². The number of methoxy groups -OCH3 is 1. The molecule has 0 spiro atoms. The van der Waals surface area contributed by atoms with Crippen LogP contribution in [0.5, 0.6) is 5.75 Å². The molecule has 0 radical (unpaired) electrons. The van der Waals surface area contributed by atoms with Crippen molar-refractivity contribution in [3.63, 3.8) is 0 Å². The molecular formula is C21H28N4O2. The van der Waals surface area contributed by atoms with Crippen molar-refractivity contribution in [2.24, 2.45) is 10.7 Å². The van der Waals surface area contributed by atoms with Crippen molar-refractivity contribution in [1.82, 2.24) is 5.32 Å². The highest BCUT2D eigenvalue weighted by molar-refractivity contribution is 5.95. The summed E-state index contributed by atoms with van der Waals surface area (Å²) in [5, 5.41) is 6.05. The van der Waals surface area contributed by atoms with E-state index in [0.29, 0.717) is 30.4 Å². The van der Waals surface area contributed by atoms with E-state index in [0.717, 1.165) is 18.5 Å². The maximum absolute atomic E-state index is 12.1. The third-order valence-corrected chi connectivity index (χ3v) is 4.28. The second-order valence-electron chi connectivity index (χ2n) is 6.03. The van der Waals surface area contributed by atoms with Crippen LogP contribution < -0.4 is 21.1 Å². The minimum atomic E-state index is -0.149. The van der Waals surface area contributed by atoms with Gasteiger partial charge >= 0.3 is 0 Å². The fourth-order valence-electron chi connectivity index (χ4n) is 2.76. The maximum atomic E-state index is 12.1. The lowest BCUT2D eigenvalue weighted by Gasteiger charge is -2.14. The van der Waals surface area contributed by atoms with Gasteiger partial charge in [-0.25, -0.2) is 0 Å². The molecule has 0 aliphatic heterocycles. The number of guanidine groups is 1. The van der Waals surface area contributed by atoms with Crippen LogP contribution in [0.2, 0.25) is 0 Å². The van der Waals surface area contributed by atoms with Gasteiger partial charge in [-0.2, -0.15) is 0 Å². The van der Waals surface area contributed by atoms with E-state index in [9.17, 15) is 4.79 Å². The number of hydrogen-bond donors (Lipinski definition) is 3. The number of aliphatic imine (C=N–C) groups is 1. The summed E-state index contributed by atoms with van der Waals surface area (Å²) in [6.07, 6.45) is 1.84. The van der Waals surface area contributed by atoms with E-state index in [1.807, 2.05) is 0 Å². The van der Waals surface area contributed by atoms with Gasteiger partial charge in [0.25, 0.3) is 5.91 Å². The predicted molar refractivity (Wildman–Crippen MR) is 111 cm³/mol. The molecule has 0 unspecified atom stereocenters. The number of nitrogens with one attached hydrogen (secondary N) is 2. The molecule has 2 rings (SSSR count). The summed E-state index contributed by atoms with van der Waals surface area (Å²) in [5.74, 6) is 0.919. The van der Waals surface area contributed by atoms with E-state index >= 15 is 0 Å². The summed E-state index contributed by atoms with van der Waals surface area (Å²) < 4.78 is 5.09. The SMILES string of the molecule is CCc1cccc(CC)c1NC(N)=NCCNC(=O)c1ccc(OC)cc1. The van der Waals surface area contributed by atoms with Crippen molar-refractivity contribution in [3.8, 4) is 5.75 Å². The van der Waals surface area contributed by atoms with Gasteiger partial charge in [-0.3, -0.25) is 9.79 Å². The molecule has 0 fully saturated rings. The van der Waals surface area contributed by atoms with Crippen LogP contribution in [0.3, 0.4) is 0 Å². The number of para-hydroxylation sites is 1. The minimum absolute atomic E-state index is 0.149. The zero-order chi connectivity index (χ0) is 19.6. The fourth-order valence-corrected chi connectivity index (χ4v) is 2.76. The molecule has 6 nitrogen and oxygen atoms in total. The Bertz CT molecular complexity index is 763. The van der Waals surface area contributed by atoms with E-state index in [1.165, 1.54) is 11.1 Å². The number of ether oxygens (including phenoxy) is 1. The largest absolute Gasteiger partial charge is 0.497 e. The zero-order valence-electron chi connectivity index (χ0n) is 16.2. The summed E-state index contributed by atoms with van der Waals surface area (Å²) in [6, 6.07) is 13.2. The highest BCUT2D eigenvalue weighted by Gasteiger charge is 2.07. The number of nitrogens with two attached hydrogens (primary N) is 1. The Labute approximate surface area is 160 Å². The lowest BCUT2D eigenvalue weighted by molar-refractivity contribution is 0.0955. The normalized spacial score (nSPS) is 11.1. The molecule has 0 bridgehead atoms. The van der Waals surface area contributed by atoms with E-state index < -0.39 is 0 Å². The molecule has 0 aliphatic rings. The zero-order valence-corrected chi connectivity index (χ0v) is 16.2. The van der Waals surface area contributed by atoms with Crippen LogP contribution in [0.1, 0.15) is 35.3 Å². The molecule has 0 saturated carbocycles. The van der Waals surface area contributed by atoms with Crippen molar-refractivity contribution in [1.29, 1.82) is 0 Å². The molecule has 0 heterocycles. The molecule has 4 N–H and O–H groups in total. The first-order valence-electron chi connectivity index (χ1n) is 9.19. The number of carbonyl (C=O) groups excluding carboxylic acids is 1. The Kier molecular flexibility index (Phi) is 7.67. The molecule has 27 heavy (non-hydrogen) atoms. The number of aryl methyl sites for hydroxylation is 2. The first-order chi connectivity index (χ1) is 13.1. The number of hydrogen-bond acceptors (Lipinski definition) is 3. The summed E-state index contributed by atoms with van der Waals surface area (Å²) in [4.78, 5) is 16.4. The van der Waals surface area contributed by atoms with Gasteiger partial charge in [0, 0.05) is 17.8 Å². The number of rotatable bonds is 8. The Balaban J connectivity index is 1.88. The number of benzene rings is 2. The van der Waals surface area contributed by atoms with Gasteiger partial charge in [-0.05, 0) is 48.2 Å². The van der Waals surface area contributed by atoms with Gasteiger partial charge in [0.1, 0.15) is 5.75 Å². The van der Waals surface area contributed by atoms with E-state index in [-0.39, 0.29) is 5.91 Å². The van der Waals surface area contributed by atoms with Crippen molar-refractivity contribution in [2.45, 2.75) is 26.7 Å². The lowest BCUT2D eigenvalue weighted by atomic mass is 10.0.